The highest BCUT2D eigenvalue weighted by Crippen LogP contribution is 2.36. The van der Waals surface area contributed by atoms with E-state index in [1.165, 1.54) is 0 Å². The van der Waals surface area contributed by atoms with Crippen LogP contribution < -0.4 is 26.0 Å². The van der Waals surface area contributed by atoms with E-state index in [1.807, 2.05) is 43.8 Å². The molecular formula is C39H46ClN11O3. The van der Waals surface area contributed by atoms with E-state index in [0.717, 1.165) is 85.6 Å². The summed E-state index contributed by atoms with van der Waals surface area (Å²) in [7, 11) is 1.94. The van der Waals surface area contributed by atoms with Crippen LogP contribution in [-0.2, 0) is 16.6 Å². The van der Waals surface area contributed by atoms with E-state index in [0.29, 0.717) is 47.1 Å². The Morgan fingerprint density at radius 1 is 0.981 bits per heavy atom. The second-order valence-electron chi connectivity index (χ2n) is 15.2. The minimum absolute atomic E-state index is 0.00737. The number of hydrogen-bond acceptors (Lipinski definition) is 11. The molecule has 0 radical (unpaired) electrons. The summed E-state index contributed by atoms with van der Waals surface area (Å²) in [6.45, 7) is 12.8. The highest BCUT2D eigenvalue weighted by molar-refractivity contribution is 6.32. The molecule has 1 aromatic carbocycles. The zero-order valence-electron chi connectivity index (χ0n) is 31.1. The summed E-state index contributed by atoms with van der Waals surface area (Å²) in [5.74, 6) is 1.27. The van der Waals surface area contributed by atoms with E-state index >= 15 is 0 Å². The van der Waals surface area contributed by atoms with Gasteiger partial charge in [-0.05, 0) is 56.7 Å². The summed E-state index contributed by atoms with van der Waals surface area (Å²) in [6, 6.07) is 11.5. The van der Waals surface area contributed by atoms with Crippen LogP contribution in [0.4, 0.5) is 23.1 Å². The quantitative estimate of drug-likeness (QED) is 0.210. The Bertz CT molecular complexity index is 2300. The van der Waals surface area contributed by atoms with Crippen molar-refractivity contribution in [3.63, 3.8) is 0 Å². The third-order valence-electron chi connectivity index (χ3n) is 11.3. The van der Waals surface area contributed by atoms with Crippen molar-refractivity contribution in [2.24, 2.45) is 18.9 Å². The second-order valence-corrected chi connectivity index (χ2v) is 15.6. The molecule has 4 aromatic heterocycles. The van der Waals surface area contributed by atoms with E-state index in [9.17, 15) is 14.4 Å². The van der Waals surface area contributed by atoms with Gasteiger partial charge in [0.2, 0.25) is 17.8 Å². The van der Waals surface area contributed by atoms with Crippen LogP contribution in [0.1, 0.15) is 57.7 Å². The molecule has 3 aliphatic rings. The molecule has 282 valence electrons. The van der Waals surface area contributed by atoms with Gasteiger partial charge in [-0.25, -0.2) is 9.97 Å². The lowest BCUT2D eigenvalue weighted by atomic mass is 9.86. The molecule has 54 heavy (non-hydrogen) atoms. The number of carbonyl (C=O) groups excluding carboxylic acids is 2. The van der Waals surface area contributed by atoms with Crippen LogP contribution in [0.5, 0.6) is 0 Å². The minimum Gasteiger partial charge on any atom is -0.367 e. The van der Waals surface area contributed by atoms with Crippen LogP contribution in [0.2, 0.25) is 5.02 Å². The zero-order chi connectivity index (χ0) is 37.7. The van der Waals surface area contributed by atoms with Crippen LogP contribution in [0, 0.1) is 11.8 Å². The van der Waals surface area contributed by atoms with Crippen LogP contribution in [0.25, 0.3) is 21.9 Å². The SMILES string of the molecule is CC(C)n1c(=O)ccc2cc(Nc3nc(N4CC[C@H](CN5CCN(c6cccc7c(C8CCC(=O)NC8=O)nn(C)c67)CC5)[C@H](C)C4)ncc3Cl)cnc21. The fourth-order valence-corrected chi connectivity index (χ4v) is 8.55. The maximum atomic E-state index is 12.7. The number of amides is 2. The minimum atomic E-state index is -0.418. The Hall–Kier alpha value is -5.08. The van der Waals surface area contributed by atoms with Gasteiger partial charge in [0.25, 0.3) is 5.56 Å². The van der Waals surface area contributed by atoms with Gasteiger partial charge in [0.05, 0.1) is 40.9 Å². The monoisotopic (exact) mass is 751 g/mol. The molecule has 0 saturated carbocycles. The highest BCUT2D eigenvalue weighted by Gasteiger charge is 2.34. The lowest BCUT2D eigenvalue weighted by molar-refractivity contribution is -0.134. The van der Waals surface area contributed by atoms with Gasteiger partial charge in [-0.1, -0.05) is 30.7 Å². The van der Waals surface area contributed by atoms with E-state index in [4.69, 9.17) is 21.7 Å². The topological polar surface area (TPSA) is 146 Å². The number of halogens is 1. The molecule has 0 bridgehead atoms. The first-order chi connectivity index (χ1) is 26.0. The Kier molecular flexibility index (Phi) is 9.73. The molecule has 2 amide bonds. The van der Waals surface area contributed by atoms with E-state index in [-0.39, 0.29) is 23.4 Å². The first kappa shape index (κ1) is 35.9. The number of rotatable bonds is 8. The molecule has 15 heteroatoms. The van der Waals surface area contributed by atoms with Gasteiger partial charge in [0, 0.05) is 82.2 Å². The van der Waals surface area contributed by atoms with Crippen LogP contribution in [0.15, 0.2) is 53.6 Å². The van der Waals surface area contributed by atoms with Gasteiger partial charge in [-0.3, -0.25) is 33.8 Å². The molecule has 5 aromatic rings. The van der Waals surface area contributed by atoms with Crippen LogP contribution in [0.3, 0.4) is 0 Å². The number of para-hydroxylation sites is 1. The molecular weight excluding hydrogens is 706 g/mol. The third kappa shape index (κ3) is 6.88. The van der Waals surface area contributed by atoms with Gasteiger partial charge in [0.1, 0.15) is 10.7 Å². The predicted molar refractivity (Wildman–Crippen MR) is 211 cm³/mol. The van der Waals surface area contributed by atoms with Gasteiger partial charge in [-0.15, -0.1) is 0 Å². The lowest BCUT2D eigenvalue weighted by Gasteiger charge is -2.42. The summed E-state index contributed by atoms with van der Waals surface area (Å²) < 4.78 is 3.58. The normalized spacial score (nSPS) is 21.3. The predicted octanol–water partition coefficient (Wildman–Crippen LogP) is 4.86. The molecule has 3 fully saturated rings. The van der Waals surface area contributed by atoms with Crippen molar-refractivity contribution in [2.45, 2.75) is 52.0 Å². The number of imide groups is 1. The molecule has 0 spiro atoms. The molecule has 7 heterocycles. The Labute approximate surface area is 318 Å². The first-order valence-corrected chi connectivity index (χ1v) is 19.2. The number of anilines is 4. The maximum Gasteiger partial charge on any atom is 0.252 e. The summed E-state index contributed by atoms with van der Waals surface area (Å²) in [5, 5.41) is 12.8. The van der Waals surface area contributed by atoms with E-state index in [2.05, 4.69) is 48.3 Å². The van der Waals surface area contributed by atoms with E-state index < -0.39 is 5.92 Å². The van der Waals surface area contributed by atoms with Gasteiger partial charge < -0.3 is 15.1 Å². The maximum absolute atomic E-state index is 12.7. The summed E-state index contributed by atoms with van der Waals surface area (Å²) in [4.78, 5) is 58.2. The average Bonchev–Trinajstić information content (AvgIpc) is 3.49. The number of fused-ring (bicyclic) bond motifs is 2. The van der Waals surface area contributed by atoms with Crippen molar-refractivity contribution in [3.05, 3.63) is 69.9 Å². The second kappa shape index (κ2) is 14.6. The van der Waals surface area contributed by atoms with Crippen molar-refractivity contribution in [1.29, 1.82) is 0 Å². The number of aryl methyl sites for hydroxylation is 1. The Balaban J connectivity index is 0.886. The Morgan fingerprint density at radius 2 is 1.80 bits per heavy atom. The third-order valence-corrected chi connectivity index (χ3v) is 11.6. The molecule has 3 aliphatic heterocycles. The number of carbonyl (C=O) groups is 2. The number of piperidine rings is 2. The van der Waals surface area contributed by atoms with Crippen molar-refractivity contribution >= 4 is 68.5 Å². The fourth-order valence-electron chi connectivity index (χ4n) is 8.41. The summed E-state index contributed by atoms with van der Waals surface area (Å²) in [6.07, 6.45) is 5.20. The number of nitrogens with zero attached hydrogens (tertiary/aromatic N) is 9. The number of pyridine rings is 2. The van der Waals surface area contributed by atoms with E-state index in [1.54, 1.807) is 29.1 Å². The Morgan fingerprint density at radius 3 is 2.56 bits per heavy atom. The summed E-state index contributed by atoms with van der Waals surface area (Å²) >= 11 is 6.57. The summed E-state index contributed by atoms with van der Waals surface area (Å²) in [5.41, 5.74) is 4.20. The fraction of sp³-hybridized carbons (Fsp3) is 0.462. The van der Waals surface area contributed by atoms with Gasteiger partial charge in [-0.2, -0.15) is 10.1 Å². The average molecular weight is 752 g/mol. The molecule has 1 unspecified atom stereocenters. The largest absolute Gasteiger partial charge is 0.367 e. The van der Waals surface area contributed by atoms with Crippen LogP contribution >= 0.6 is 11.6 Å². The number of benzene rings is 1. The van der Waals surface area contributed by atoms with Gasteiger partial charge >= 0.3 is 0 Å². The van der Waals surface area contributed by atoms with Crippen molar-refractivity contribution in [1.82, 2.24) is 39.5 Å². The molecule has 14 nitrogen and oxygen atoms in total. The highest BCUT2D eigenvalue weighted by atomic mass is 35.5. The molecule has 3 atom stereocenters. The van der Waals surface area contributed by atoms with Crippen molar-refractivity contribution < 1.29 is 9.59 Å². The van der Waals surface area contributed by atoms with Crippen molar-refractivity contribution in [2.75, 3.05) is 60.9 Å². The van der Waals surface area contributed by atoms with Crippen LogP contribution in [-0.4, -0.2) is 91.8 Å². The number of nitrogens with one attached hydrogen (secondary N) is 2. The lowest BCUT2D eigenvalue weighted by Crippen LogP contribution is -2.50. The van der Waals surface area contributed by atoms with Gasteiger partial charge in [0.15, 0.2) is 5.82 Å². The number of aromatic nitrogens is 6. The smallest absolute Gasteiger partial charge is 0.252 e. The zero-order valence-corrected chi connectivity index (χ0v) is 31.9. The number of piperazine rings is 1. The number of hydrogen-bond donors (Lipinski definition) is 2. The van der Waals surface area contributed by atoms with Crippen molar-refractivity contribution in [3.8, 4) is 0 Å². The molecule has 3 saturated heterocycles. The standard InChI is InChI=1S/C39H46ClN11O3/c1-23(2)51-33(53)11-8-25-18-27(19-41-37(25)51)43-36-30(40)20-42-39(45-36)50-13-12-26(24(3)21-50)22-48-14-16-49(17-15-48)31-7-5-6-28-34(46-47(4)35(28)31)29-9-10-32(52)44-38(29)54/h5-8,11,18-20,23-24,26,29H,9-10,12-17,21-22H2,1-4H3,(H,42,43,45)(H,44,52,54)/t24-,26-,29?/m1/s1. The first-order valence-electron chi connectivity index (χ1n) is 18.9. The molecule has 2 N–H and O–H groups in total. The molecule has 8 rings (SSSR count). The molecule has 0 aliphatic carbocycles.